The van der Waals surface area contributed by atoms with Crippen LogP contribution in [0.2, 0.25) is 0 Å². The van der Waals surface area contributed by atoms with Gasteiger partial charge in [0.25, 0.3) is 0 Å². The maximum atomic E-state index is 3.11. The fraction of sp³-hybridized carbons (Fsp3) is 0. The number of hydrogen-bond acceptors (Lipinski definition) is 2. The molecule has 3 heterocycles. The topological polar surface area (TPSA) is 15.3 Å². The average molecular weight is 333 g/mol. The average Bonchev–Trinajstić information content (AvgIpc) is 2.71. The van der Waals surface area contributed by atoms with Crippen LogP contribution in [0.1, 0.15) is 11.1 Å². The first-order valence-corrected chi connectivity index (χ1v) is 8.83. The van der Waals surface area contributed by atoms with Crippen LogP contribution in [0.5, 0.6) is 0 Å². The Balaban J connectivity index is 1.66. The molecule has 4 rings (SSSR count). The van der Waals surface area contributed by atoms with Gasteiger partial charge in [0.05, 0.1) is 0 Å². The second-order valence-electron chi connectivity index (χ2n) is 6.22. The molecule has 3 aliphatic heterocycles. The Morgan fingerprint density at radius 1 is 0.846 bits per heavy atom. The third kappa shape index (κ3) is 3.60. The van der Waals surface area contributed by atoms with Gasteiger partial charge in [-0.25, -0.2) is 0 Å². The lowest BCUT2D eigenvalue weighted by molar-refractivity contribution is 0.793. The van der Waals surface area contributed by atoms with Crippen LogP contribution in [0.3, 0.4) is 0 Å². The zero-order valence-electron chi connectivity index (χ0n) is 14.5. The number of benzene rings is 1. The van der Waals surface area contributed by atoms with E-state index in [9.17, 15) is 0 Å². The molecule has 123 valence electrons. The van der Waals surface area contributed by atoms with E-state index in [0.717, 1.165) is 0 Å². The Morgan fingerprint density at radius 3 is 2.73 bits per heavy atom. The van der Waals surface area contributed by atoms with Crippen LogP contribution in [-0.2, 0) is 0 Å². The van der Waals surface area contributed by atoms with Crippen molar-refractivity contribution in [2.45, 2.75) is 0 Å². The Morgan fingerprint density at radius 2 is 1.73 bits per heavy atom. The molecule has 0 fully saturated rings. The van der Waals surface area contributed by atoms with E-state index in [0.29, 0.717) is 0 Å². The van der Waals surface area contributed by atoms with Gasteiger partial charge in [0, 0.05) is 12.4 Å². The second kappa shape index (κ2) is 7.83. The SMILES string of the molecule is [B]1/C=C\C=C/N/C=C\C=C1c1cccc(C2=CC=CN3C=CC=CB23)c1. The first-order chi connectivity index (χ1) is 12.9. The highest BCUT2D eigenvalue weighted by Gasteiger charge is 2.26. The molecule has 0 bridgehead atoms. The number of allylic oxidation sites excluding steroid dienone is 8. The summed E-state index contributed by atoms with van der Waals surface area (Å²) >= 11 is 0. The monoisotopic (exact) mass is 333 g/mol. The zero-order valence-corrected chi connectivity index (χ0v) is 14.5. The minimum Gasteiger partial charge on any atom is -0.390 e. The van der Waals surface area contributed by atoms with Crippen molar-refractivity contribution in [1.82, 2.24) is 10.1 Å². The summed E-state index contributed by atoms with van der Waals surface area (Å²) in [4.78, 5) is 2.24. The second-order valence-corrected chi connectivity index (χ2v) is 6.22. The summed E-state index contributed by atoms with van der Waals surface area (Å²) in [6, 6.07) is 8.76. The highest BCUT2D eigenvalue weighted by atomic mass is 15.0. The Kier molecular flexibility index (Phi) is 4.92. The Hall–Kier alpha value is -3.13. The molecule has 0 spiro atoms. The number of nitrogens with zero attached hydrogens (tertiary/aromatic N) is 1. The third-order valence-electron chi connectivity index (χ3n) is 4.52. The Bertz CT molecular complexity index is 914. The van der Waals surface area contributed by atoms with Gasteiger partial charge in [0.15, 0.2) is 7.28 Å². The third-order valence-corrected chi connectivity index (χ3v) is 4.52. The molecule has 1 aromatic rings. The van der Waals surface area contributed by atoms with E-state index in [1.807, 2.05) is 30.6 Å². The molecule has 4 heteroatoms. The molecule has 26 heavy (non-hydrogen) atoms. The van der Waals surface area contributed by atoms with Gasteiger partial charge in [-0.3, -0.25) is 0 Å². The van der Waals surface area contributed by atoms with Crippen LogP contribution in [-0.4, -0.2) is 18.9 Å². The first kappa shape index (κ1) is 16.3. The van der Waals surface area contributed by atoms with Crippen LogP contribution in [0, 0.1) is 0 Å². The molecule has 0 aliphatic carbocycles. The van der Waals surface area contributed by atoms with Crippen molar-refractivity contribution >= 4 is 25.1 Å². The zero-order chi connectivity index (χ0) is 17.6. The van der Waals surface area contributed by atoms with Crippen LogP contribution in [0.25, 0.3) is 10.9 Å². The lowest BCUT2D eigenvalue weighted by Crippen LogP contribution is -2.34. The largest absolute Gasteiger partial charge is 0.390 e. The van der Waals surface area contributed by atoms with Crippen molar-refractivity contribution in [1.29, 1.82) is 0 Å². The molecule has 2 nitrogen and oxygen atoms in total. The van der Waals surface area contributed by atoms with Crippen molar-refractivity contribution in [3.63, 3.8) is 0 Å². The highest BCUT2D eigenvalue weighted by Crippen LogP contribution is 2.28. The molecule has 1 N–H and O–H groups in total. The van der Waals surface area contributed by atoms with Gasteiger partial charge in [0.2, 0.25) is 0 Å². The quantitative estimate of drug-likeness (QED) is 0.815. The summed E-state index contributed by atoms with van der Waals surface area (Å²) in [6.45, 7) is 0.261. The maximum absolute atomic E-state index is 3.11. The molecule has 0 aromatic heterocycles. The molecule has 3 aliphatic rings. The maximum Gasteiger partial charge on any atom is 0.320 e. The van der Waals surface area contributed by atoms with Gasteiger partial charge in [-0.2, -0.15) is 0 Å². The molecular formula is C22H19B2N2. The van der Waals surface area contributed by atoms with Crippen molar-refractivity contribution in [2.24, 2.45) is 0 Å². The normalized spacial score (nSPS) is 21.7. The van der Waals surface area contributed by atoms with Gasteiger partial charge >= 0.3 is 6.85 Å². The summed E-state index contributed by atoms with van der Waals surface area (Å²) in [5, 5.41) is 3.11. The van der Waals surface area contributed by atoms with Gasteiger partial charge in [-0.05, 0) is 59.4 Å². The van der Waals surface area contributed by atoms with E-state index in [1.54, 1.807) is 0 Å². The molecule has 0 unspecified atom stereocenters. The molecule has 1 radical (unpaired) electrons. The number of fused-ring (bicyclic) bond motifs is 1. The molecule has 0 amide bonds. The van der Waals surface area contributed by atoms with Crippen LogP contribution >= 0.6 is 0 Å². The number of hydrogen-bond donors (Lipinski definition) is 1. The molecule has 1 aromatic carbocycles. The van der Waals surface area contributed by atoms with Crippen molar-refractivity contribution in [3.8, 4) is 0 Å². The van der Waals surface area contributed by atoms with Crippen molar-refractivity contribution in [2.75, 3.05) is 0 Å². The number of nitrogens with one attached hydrogen (secondary N) is 1. The lowest BCUT2D eigenvalue weighted by Gasteiger charge is -2.29. The Labute approximate surface area is 156 Å². The fourth-order valence-corrected chi connectivity index (χ4v) is 3.25. The van der Waals surface area contributed by atoms with Gasteiger partial charge < -0.3 is 10.1 Å². The van der Waals surface area contributed by atoms with Crippen molar-refractivity contribution < 1.29 is 0 Å². The number of rotatable bonds is 2. The van der Waals surface area contributed by atoms with Crippen LogP contribution < -0.4 is 5.32 Å². The highest BCUT2D eigenvalue weighted by molar-refractivity contribution is 6.82. The summed E-state index contributed by atoms with van der Waals surface area (Å²) in [7, 11) is 2.14. The fourth-order valence-electron chi connectivity index (χ4n) is 3.25. The smallest absolute Gasteiger partial charge is 0.320 e. The summed E-state index contributed by atoms with van der Waals surface area (Å²) in [5.74, 6) is 4.30. The molecule has 0 saturated carbocycles. The minimum absolute atomic E-state index is 0.261. The van der Waals surface area contributed by atoms with Crippen LogP contribution in [0.15, 0.2) is 110 Å². The lowest BCUT2D eigenvalue weighted by atomic mass is 9.50. The van der Waals surface area contributed by atoms with Crippen LogP contribution in [0.4, 0.5) is 0 Å². The summed E-state index contributed by atoms with van der Waals surface area (Å²) in [6.07, 6.45) is 24.7. The van der Waals surface area contributed by atoms with E-state index < -0.39 is 0 Å². The molecular weight excluding hydrogens is 314 g/mol. The van der Waals surface area contributed by atoms with E-state index >= 15 is 0 Å². The van der Waals surface area contributed by atoms with Gasteiger partial charge in [-0.15, -0.1) is 5.98 Å². The van der Waals surface area contributed by atoms with Crippen molar-refractivity contribution in [3.05, 3.63) is 121 Å². The minimum atomic E-state index is 0.261. The van der Waals surface area contributed by atoms with E-state index in [1.165, 1.54) is 22.1 Å². The van der Waals surface area contributed by atoms with E-state index in [4.69, 9.17) is 0 Å². The molecule has 0 saturated heterocycles. The summed E-state index contributed by atoms with van der Waals surface area (Å²) in [5.41, 5.74) is 4.95. The van der Waals surface area contributed by atoms with Gasteiger partial charge in [-0.1, -0.05) is 54.0 Å². The van der Waals surface area contributed by atoms with E-state index in [-0.39, 0.29) is 6.85 Å². The van der Waals surface area contributed by atoms with Gasteiger partial charge in [0.1, 0.15) is 0 Å². The predicted octanol–water partition coefficient (Wildman–Crippen LogP) is 4.24. The standard InChI is InChI=1S/C22H19B2N2/c1-3-14-25-15-6-10-21(23-12-1)19-8-5-9-20(18-19)22-11-7-17-26-16-4-2-13-24(22)26/h1-18,25H/b12-1-,14-3-,15-6-,21-10?. The molecule has 0 atom stereocenters. The first-order valence-electron chi connectivity index (χ1n) is 8.83. The summed E-state index contributed by atoms with van der Waals surface area (Å²) < 4.78 is 0. The predicted molar refractivity (Wildman–Crippen MR) is 114 cm³/mol. The van der Waals surface area contributed by atoms with E-state index in [2.05, 4.69) is 96.4 Å².